The van der Waals surface area contributed by atoms with Crippen LogP contribution in [0.15, 0.2) is 24.3 Å². The van der Waals surface area contributed by atoms with E-state index in [1.807, 2.05) is 0 Å². The summed E-state index contributed by atoms with van der Waals surface area (Å²) in [7, 11) is 0. The first kappa shape index (κ1) is 18.4. The van der Waals surface area contributed by atoms with E-state index in [4.69, 9.17) is 12.2 Å². The van der Waals surface area contributed by atoms with Crippen LogP contribution in [0.4, 0.5) is 0 Å². The van der Waals surface area contributed by atoms with Gasteiger partial charge in [-0.2, -0.15) is 5.10 Å². The van der Waals surface area contributed by atoms with Crippen LogP contribution in [0.3, 0.4) is 0 Å². The Balaban J connectivity index is 1.61. The number of aromatic amines is 1. The van der Waals surface area contributed by atoms with Gasteiger partial charge in [0.25, 0.3) is 0 Å². The lowest BCUT2D eigenvalue weighted by Gasteiger charge is -2.28. The Morgan fingerprint density at radius 2 is 1.76 bits per heavy atom. The van der Waals surface area contributed by atoms with Crippen LogP contribution in [0.2, 0.25) is 0 Å². The van der Waals surface area contributed by atoms with Crippen LogP contribution in [-0.2, 0) is 6.42 Å². The van der Waals surface area contributed by atoms with Gasteiger partial charge in [-0.25, -0.2) is 0 Å². The zero-order chi connectivity index (χ0) is 17.6. The van der Waals surface area contributed by atoms with E-state index in [0.29, 0.717) is 4.77 Å². The van der Waals surface area contributed by atoms with E-state index in [1.165, 1.54) is 56.9 Å². The molecule has 136 valence electrons. The molecule has 2 aromatic rings. The fourth-order valence-electron chi connectivity index (χ4n) is 4.09. The van der Waals surface area contributed by atoms with Gasteiger partial charge in [0.2, 0.25) is 0 Å². The van der Waals surface area contributed by atoms with E-state index in [9.17, 15) is 0 Å². The van der Waals surface area contributed by atoms with Gasteiger partial charge in [-0.05, 0) is 56.0 Å². The van der Waals surface area contributed by atoms with Crippen molar-refractivity contribution in [1.29, 1.82) is 0 Å². The second kappa shape index (κ2) is 8.79. The van der Waals surface area contributed by atoms with Crippen molar-refractivity contribution in [3.8, 4) is 5.69 Å². The van der Waals surface area contributed by atoms with E-state index in [-0.39, 0.29) is 0 Å². The number of H-pyrrole nitrogens is 1. The summed E-state index contributed by atoms with van der Waals surface area (Å²) in [5.74, 6) is 2.79. The van der Waals surface area contributed by atoms with Gasteiger partial charge in [0.1, 0.15) is 5.82 Å². The summed E-state index contributed by atoms with van der Waals surface area (Å²) in [6, 6.07) is 8.54. The van der Waals surface area contributed by atoms with Crippen molar-refractivity contribution >= 4 is 12.2 Å². The maximum atomic E-state index is 5.48. The Morgan fingerprint density at radius 1 is 1.08 bits per heavy atom. The second-order valence-electron chi connectivity index (χ2n) is 7.70. The number of hydrogen-bond donors (Lipinski definition) is 1. The molecule has 1 aliphatic rings. The van der Waals surface area contributed by atoms with Crippen molar-refractivity contribution < 1.29 is 0 Å². The maximum Gasteiger partial charge on any atom is 0.199 e. The predicted octanol–water partition coefficient (Wildman–Crippen LogP) is 6.17. The smallest absolute Gasteiger partial charge is 0.199 e. The van der Waals surface area contributed by atoms with E-state index in [1.54, 1.807) is 0 Å². The summed E-state index contributed by atoms with van der Waals surface area (Å²) in [5.41, 5.74) is 2.38. The average molecular weight is 358 g/mol. The minimum absolute atomic E-state index is 0.701. The molecule has 3 nitrogen and oxygen atoms in total. The molecular formula is C21H31N3S. The van der Waals surface area contributed by atoms with Gasteiger partial charge in [0, 0.05) is 12.1 Å². The molecule has 1 aliphatic carbocycles. The number of hydrogen-bond acceptors (Lipinski definition) is 2. The highest BCUT2D eigenvalue weighted by atomic mass is 32.1. The lowest BCUT2D eigenvalue weighted by Crippen LogP contribution is -2.18. The minimum atomic E-state index is 0.701. The van der Waals surface area contributed by atoms with Gasteiger partial charge in [0.05, 0.1) is 0 Å². The largest absolute Gasteiger partial charge is 0.272 e. The first-order valence-corrected chi connectivity index (χ1v) is 10.3. The fraction of sp³-hybridized carbons (Fsp3) is 0.619. The van der Waals surface area contributed by atoms with Crippen molar-refractivity contribution in [1.82, 2.24) is 14.8 Å². The van der Waals surface area contributed by atoms with Crippen molar-refractivity contribution in [3.63, 3.8) is 0 Å². The molecule has 1 aromatic carbocycles. The SMILES string of the molecule is CCCCCC1CCC(Cc2n[nH]c(=S)n2-c2ccc(C)cc2)CC1. The molecule has 1 N–H and O–H groups in total. The second-order valence-corrected chi connectivity index (χ2v) is 8.09. The molecule has 3 rings (SSSR count). The molecule has 0 spiro atoms. The van der Waals surface area contributed by atoms with Crippen LogP contribution in [-0.4, -0.2) is 14.8 Å². The number of nitrogens with one attached hydrogen (secondary N) is 1. The molecule has 0 radical (unpaired) electrons. The Hall–Kier alpha value is -1.42. The van der Waals surface area contributed by atoms with Crippen LogP contribution < -0.4 is 0 Å². The van der Waals surface area contributed by atoms with Crippen molar-refractivity contribution in [2.75, 3.05) is 0 Å². The molecule has 0 bridgehead atoms. The number of nitrogens with zero attached hydrogens (tertiary/aromatic N) is 2. The normalized spacial score (nSPS) is 20.7. The highest BCUT2D eigenvalue weighted by molar-refractivity contribution is 7.71. The number of aryl methyl sites for hydroxylation is 1. The number of aromatic nitrogens is 3. The van der Waals surface area contributed by atoms with Crippen molar-refractivity contribution in [2.24, 2.45) is 11.8 Å². The topological polar surface area (TPSA) is 33.6 Å². The third-order valence-electron chi connectivity index (χ3n) is 5.69. The molecule has 0 unspecified atom stereocenters. The highest BCUT2D eigenvalue weighted by Crippen LogP contribution is 2.33. The summed E-state index contributed by atoms with van der Waals surface area (Å²) in [5, 5.41) is 7.53. The average Bonchev–Trinajstić information content (AvgIpc) is 2.98. The van der Waals surface area contributed by atoms with Gasteiger partial charge in [-0.3, -0.25) is 9.67 Å². The Kier molecular flexibility index (Phi) is 6.46. The van der Waals surface area contributed by atoms with Gasteiger partial charge in [0.15, 0.2) is 4.77 Å². The quantitative estimate of drug-likeness (QED) is 0.475. The van der Waals surface area contributed by atoms with E-state index < -0.39 is 0 Å². The first-order chi connectivity index (χ1) is 12.2. The summed E-state index contributed by atoms with van der Waals surface area (Å²) in [6.45, 7) is 4.40. The molecule has 0 atom stereocenters. The summed E-state index contributed by atoms with van der Waals surface area (Å²) in [6.07, 6.45) is 12.1. The molecule has 1 aromatic heterocycles. The monoisotopic (exact) mass is 357 g/mol. The van der Waals surface area contributed by atoms with Gasteiger partial charge < -0.3 is 0 Å². The van der Waals surface area contributed by atoms with Crippen molar-refractivity contribution in [3.05, 3.63) is 40.4 Å². The molecule has 0 saturated heterocycles. The van der Waals surface area contributed by atoms with Gasteiger partial charge in [-0.1, -0.05) is 63.1 Å². The summed E-state index contributed by atoms with van der Waals surface area (Å²) >= 11 is 5.48. The van der Waals surface area contributed by atoms with Crippen molar-refractivity contribution in [2.45, 2.75) is 71.6 Å². The number of unbranched alkanes of at least 4 members (excludes halogenated alkanes) is 2. The third kappa shape index (κ3) is 4.81. The van der Waals surface area contributed by atoms with Crippen LogP contribution >= 0.6 is 12.2 Å². The molecule has 25 heavy (non-hydrogen) atoms. The Bertz CT molecular complexity index is 705. The predicted molar refractivity (Wildman–Crippen MR) is 107 cm³/mol. The summed E-state index contributed by atoms with van der Waals surface area (Å²) in [4.78, 5) is 0. The van der Waals surface area contributed by atoms with Crippen LogP contribution in [0.1, 0.15) is 69.7 Å². The van der Waals surface area contributed by atoms with Crippen LogP contribution in [0.25, 0.3) is 5.69 Å². The van der Waals surface area contributed by atoms with E-state index in [0.717, 1.165) is 29.8 Å². The standard InChI is InChI=1S/C21H31N3S/c1-3-4-5-6-17-9-11-18(12-10-17)15-20-22-23-21(25)24(20)19-13-7-16(2)8-14-19/h7-8,13-14,17-18H,3-6,9-12,15H2,1-2H3,(H,23,25). The molecule has 1 fully saturated rings. The molecule has 0 aliphatic heterocycles. The fourth-order valence-corrected chi connectivity index (χ4v) is 4.35. The van der Waals surface area contributed by atoms with Gasteiger partial charge >= 0.3 is 0 Å². The number of benzene rings is 1. The lowest BCUT2D eigenvalue weighted by atomic mass is 9.78. The Morgan fingerprint density at radius 3 is 2.44 bits per heavy atom. The zero-order valence-corrected chi connectivity index (χ0v) is 16.4. The van der Waals surface area contributed by atoms with Crippen LogP contribution in [0.5, 0.6) is 0 Å². The molecule has 1 saturated carbocycles. The summed E-state index contributed by atoms with van der Waals surface area (Å²) < 4.78 is 2.81. The molecular weight excluding hydrogens is 326 g/mol. The van der Waals surface area contributed by atoms with E-state index in [2.05, 4.69) is 52.9 Å². The minimum Gasteiger partial charge on any atom is -0.272 e. The van der Waals surface area contributed by atoms with E-state index >= 15 is 0 Å². The first-order valence-electron chi connectivity index (χ1n) is 9.90. The Labute approximate surface area is 156 Å². The maximum absolute atomic E-state index is 5.48. The third-order valence-corrected chi connectivity index (χ3v) is 5.96. The van der Waals surface area contributed by atoms with Crippen LogP contribution in [0, 0.1) is 23.5 Å². The zero-order valence-electron chi connectivity index (χ0n) is 15.6. The number of rotatable bonds is 7. The molecule has 4 heteroatoms. The van der Waals surface area contributed by atoms with Gasteiger partial charge in [-0.15, -0.1) is 0 Å². The lowest BCUT2D eigenvalue weighted by molar-refractivity contribution is 0.255. The highest BCUT2D eigenvalue weighted by Gasteiger charge is 2.23. The molecule has 0 amide bonds. The molecule has 1 heterocycles.